The predicted molar refractivity (Wildman–Crippen MR) is 56.9 cm³/mol. The normalized spacial score (nSPS) is 19.9. The number of benzene rings is 1. The van der Waals surface area contributed by atoms with Crippen molar-refractivity contribution >= 4 is 5.71 Å². The smallest absolute Gasteiger partial charge is 0.0870 e. The number of rotatable bonds is 0. The summed E-state index contributed by atoms with van der Waals surface area (Å²) in [5.74, 6) is 0. The highest BCUT2D eigenvalue weighted by Crippen LogP contribution is 2.20. The van der Waals surface area contributed by atoms with Crippen molar-refractivity contribution in [2.45, 2.75) is 32.1 Å². The molecule has 0 saturated heterocycles. The molecule has 1 aliphatic carbocycles. The maximum atomic E-state index is 8.94. The second-order valence-electron chi connectivity index (χ2n) is 3.76. The van der Waals surface area contributed by atoms with Gasteiger partial charge in [-0.3, -0.25) is 0 Å². The molecule has 0 radical (unpaired) electrons. The molecule has 0 saturated carbocycles. The van der Waals surface area contributed by atoms with E-state index in [1.54, 1.807) is 0 Å². The van der Waals surface area contributed by atoms with E-state index >= 15 is 0 Å². The fraction of sp³-hybridized carbons (Fsp3) is 0.417. The highest BCUT2D eigenvalue weighted by Gasteiger charge is 2.11. The Kier molecular flexibility index (Phi) is 2.82. The van der Waals surface area contributed by atoms with Crippen molar-refractivity contribution in [3.8, 4) is 0 Å². The van der Waals surface area contributed by atoms with Gasteiger partial charge in [0.1, 0.15) is 0 Å². The molecule has 2 heteroatoms. The van der Waals surface area contributed by atoms with Gasteiger partial charge in [0.2, 0.25) is 0 Å². The first-order chi connectivity index (χ1) is 6.92. The minimum Gasteiger partial charge on any atom is -0.411 e. The van der Waals surface area contributed by atoms with Crippen LogP contribution in [0.3, 0.4) is 0 Å². The topological polar surface area (TPSA) is 32.6 Å². The van der Waals surface area contributed by atoms with Gasteiger partial charge >= 0.3 is 0 Å². The van der Waals surface area contributed by atoms with E-state index in [0.29, 0.717) is 0 Å². The van der Waals surface area contributed by atoms with Gasteiger partial charge in [0.15, 0.2) is 0 Å². The number of nitrogens with zero attached hydrogens (tertiary/aromatic N) is 1. The third-order valence-corrected chi connectivity index (χ3v) is 2.81. The Hall–Kier alpha value is -1.31. The first-order valence-corrected chi connectivity index (χ1v) is 5.21. The Morgan fingerprint density at radius 3 is 2.64 bits per heavy atom. The zero-order chi connectivity index (χ0) is 9.80. The summed E-state index contributed by atoms with van der Waals surface area (Å²) in [4.78, 5) is 0. The van der Waals surface area contributed by atoms with Crippen LogP contribution in [0.4, 0.5) is 0 Å². The Bertz CT molecular complexity index is 344. The largest absolute Gasteiger partial charge is 0.411 e. The zero-order valence-electron chi connectivity index (χ0n) is 8.24. The van der Waals surface area contributed by atoms with E-state index in [4.69, 9.17) is 5.21 Å². The summed E-state index contributed by atoms with van der Waals surface area (Å²) in [6.07, 6.45) is 5.61. The molecule has 0 aromatic heterocycles. The summed E-state index contributed by atoms with van der Waals surface area (Å²) in [5, 5.41) is 12.3. The van der Waals surface area contributed by atoms with Crippen LogP contribution in [-0.2, 0) is 6.42 Å². The first-order valence-electron chi connectivity index (χ1n) is 5.21. The molecular formula is C12H15NO. The lowest BCUT2D eigenvalue weighted by Gasteiger charge is -2.14. The van der Waals surface area contributed by atoms with Crippen LogP contribution in [0, 0.1) is 0 Å². The van der Waals surface area contributed by atoms with Gasteiger partial charge in [0, 0.05) is 5.56 Å². The quantitative estimate of drug-likeness (QED) is 0.494. The fourth-order valence-corrected chi connectivity index (χ4v) is 2.04. The molecule has 0 fully saturated rings. The van der Waals surface area contributed by atoms with Crippen molar-refractivity contribution in [2.75, 3.05) is 0 Å². The van der Waals surface area contributed by atoms with Crippen LogP contribution in [0.25, 0.3) is 0 Å². The molecule has 2 nitrogen and oxygen atoms in total. The van der Waals surface area contributed by atoms with Crippen molar-refractivity contribution in [3.05, 3.63) is 35.4 Å². The van der Waals surface area contributed by atoms with Gasteiger partial charge in [-0.2, -0.15) is 0 Å². The Balaban J connectivity index is 2.41. The Morgan fingerprint density at radius 2 is 1.79 bits per heavy atom. The molecule has 1 aromatic rings. The van der Waals surface area contributed by atoms with Crippen LogP contribution >= 0.6 is 0 Å². The molecule has 14 heavy (non-hydrogen) atoms. The second-order valence-corrected chi connectivity index (χ2v) is 3.76. The van der Waals surface area contributed by atoms with Gasteiger partial charge in [-0.05, 0) is 31.2 Å². The summed E-state index contributed by atoms with van der Waals surface area (Å²) < 4.78 is 0. The van der Waals surface area contributed by atoms with E-state index in [1.807, 2.05) is 6.07 Å². The summed E-state index contributed by atoms with van der Waals surface area (Å²) >= 11 is 0. The van der Waals surface area contributed by atoms with E-state index in [2.05, 4.69) is 23.4 Å². The van der Waals surface area contributed by atoms with Crippen LogP contribution < -0.4 is 0 Å². The molecule has 2 rings (SSSR count). The molecule has 74 valence electrons. The van der Waals surface area contributed by atoms with Crippen molar-refractivity contribution in [1.82, 2.24) is 0 Å². The number of oxime groups is 1. The molecule has 1 aliphatic rings. The van der Waals surface area contributed by atoms with Crippen molar-refractivity contribution in [3.63, 3.8) is 0 Å². The minimum absolute atomic E-state index is 0.848. The second kappa shape index (κ2) is 4.27. The Morgan fingerprint density at radius 1 is 1.00 bits per heavy atom. The van der Waals surface area contributed by atoms with Crippen LogP contribution in [-0.4, -0.2) is 10.9 Å². The van der Waals surface area contributed by atoms with E-state index in [1.165, 1.54) is 18.4 Å². The molecule has 0 unspecified atom stereocenters. The summed E-state index contributed by atoms with van der Waals surface area (Å²) in [6.45, 7) is 0. The number of fused-ring (bicyclic) bond motifs is 1. The van der Waals surface area contributed by atoms with Gasteiger partial charge in [0.05, 0.1) is 5.71 Å². The highest BCUT2D eigenvalue weighted by atomic mass is 16.4. The zero-order valence-corrected chi connectivity index (χ0v) is 8.24. The maximum Gasteiger partial charge on any atom is 0.0870 e. The van der Waals surface area contributed by atoms with Crippen molar-refractivity contribution in [2.24, 2.45) is 5.16 Å². The van der Waals surface area contributed by atoms with Crippen LogP contribution in [0.2, 0.25) is 0 Å². The van der Waals surface area contributed by atoms with Crippen molar-refractivity contribution < 1.29 is 5.21 Å². The van der Waals surface area contributed by atoms with Gasteiger partial charge in [-0.1, -0.05) is 35.8 Å². The minimum atomic E-state index is 0.848. The lowest BCUT2D eigenvalue weighted by molar-refractivity contribution is 0.317. The third kappa shape index (κ3) is 1.79. The lowest BCUT2D eigenvalue weighted by Crippen LogP contribution is -2.08. The molecule has 1 N–H and O–H groups in total. The van der Waals surface area contributed by atoms with Gasteiger partial charge in [-0.25, -0.2) is 0 Å². The van der Waals surface area contributed by atoms with E-state index in [0.717, 1.165) is 30.5 Å². The van der Waals surface area contributed by atoms with Crippen LogP contribution in [0.5, 0.6) is 0 Å². The van der Waals surface area contributed by atoms with Crippen LogP contribution in [0.15, 0.2) is 29.4 Å². The lowest BCUT2D eigenvalue weighted by atomic mass is 9.92. The van der Waals surface area contributed by atoms with E-state index < -0.39 is 0 Å². The average Bonchev–Trinajstić information content (AvgIpc) is 2.20. The standard InChI is InChI=1S/C12H15NO/c14-13-12-9-3-1-2-6-10-7-4-5-8-11(10)12/h4-5,7-8,14H,1-3,6,9H2. The van der Waals surface area contributed by atoms with Gasteiger partial charge in [-0.15, -0.1) is 0 Å². The van der Waals surface area contributed by atoms with Gasteiger partial charge in [0.25, 0.3) is 0 Å². The monoisotopic (exact) mass is 189 g/mol. The van der Waals surface area contributed by atoms with E-state index in [-0.39, 0.29) is 0 Å². The molecule has 0 heterocycles. The van der Waals surface area contributed by atoms with Crippen LogP contribution in [0.1, 0.15) is 36.8 Å². The molecule has 0 atom stereocenters. The number of hydrogen-bond acceptors (Lipinski definition) is 2. The maximum absolute atomic E-state index is 8.94. The molecule has 1 aromatic carbocycles. The van der Waals surface area contributed by atoms with Crippen molar-refractivity contribution in [1.29, 1.82) is 0 Å². The van der Waals surface area contributed by atoms with E-state index in [9.17, 15) is 0 Å². The number of hydrogen-bond donors (Lipinski definition) is 1. The molecule has 0 amide bonds. The summed E-state index contributed by atoms with van der Waals surface area (Å²) in [5.41, 5.74) is 3.30. The molecular weight excluding hydrogens is 174 g/mol. The first kappa shape index (κ1) is 9.25. The summed E-state index contributed by atoms with van der Waals surface area (Å²) in [7, 11) is 0. The average molecular weight is 189 g/mol. The SMILES string of the molecule is ON=C1CCCCCc2ccccc21. The summed E-state index contributed by atoms with van der Waals surface area (Å²) in [6, 6.07) is 8.24. The highest BCUT2D eigenvalue weighted by molar-refractivity contribution is 6.01. The molecule has 0 bridgehead atoms. The predicted octanol–water partition coefficient (Wildman–Crippen LogP) is 2.98. The third-order valence-electron chi connectivity index (χ3n) is 2.81. The fourth-order valence-electron chi connectivity index (χ4n) is 2.04. The molecule has 0 spiro atoms. The molecule has 0 aliphatic heterocycles. The van der Waals surface area contributed by atoms with Gasteiger partial charge < -0.3 is 5.21 Å². The number of aryl methyl sites for hydroxylation is 1. The Labute approximate surface area is 84.3 Å².